The molecule has 164 valence electrons. The van der Waals surface area contributed by atoms with E-state index in [0.717, 1.165) is 61.1 Å². The molecule has 2 fully saturated rings. The number of imidazole rings is 1. The Morgan fingerprint density at radius 3 is 2.81 bits per heavy atom. The summed E-state index contributed by atoms with van der Waals surface area (Å²) in [6.45, 7) is 3.28. The summed E-state index contributed by atoms with van der Waals surface area (Å²) in [6.07, 6.45) is 9.21. The summed E-state index contributed by atoms with van der Waals surface area (Å²) in [5.41, 5.74) is 4.67. The van der Waals surface area contributed by atoms with E-state index in [2.05, 4.69) is 37.3 Å². The van der Waals surface area contributed by atoms with E-state index in [0.29, 0.717) is 17.5 Å². The Hall–Kier alpha value is -2.87. The van der Waals surface area contributed by atoms with E-state index in [1.165, 1.54) is 32.1 Å². The summed E-state index contributed by atoms with van der Waals surface area (Å²) in [5, 5.41) is 3.37. The zero-order valence-electron chi connectivity index (χ0n) is 18.1. The molecule has 1 aliphatic heterocycles. The van der Waals surface area contributed by atoms with Crippen LogP contribution in [0.1, 0.15) is 37.8 Å². The number of anilines is 3. The molecule has 8 nitrogen and oxygen atoms in total. The zero-order chi connectivity index (χ0) is 21.0. The normalized spacial score (nSPS) is 17.8. The fourth-order valence-corrected chi connectivity index (χ4v) is 4.68. The lowest BCUT2D eigenvalue weighted by molar-refractivity contribution is 0.122. The van der Waals surface area contributed by atoms with Gasteiger partial charge >= 0.3 is 0 Å². The fourth-order valence-electron chi connectivity index (χ4n) is 4.68. The molecular weight excluding hydrogens is 392 g/mol. The topological polar surface area (TPSA) is 88.2 Å². The number of benzene rings is 1. The van der Waals surface area contributed by atoms with E-state index in [4.69, 9.17) is 14.5 Å². The average molecular weight is 423 g/mol. The monoisotopic (exact) mass is 422 g/mol. The van der Waals surface area contributed by atoms with E-state index in [9.17, 15) is 0 Å². The molecule has 1 saturated heterocycles. The SMILES string of the molecule is COc1cc(N2CCOCC2)ccc1Nc1nc(CC2CCCCC2)c2[nH]cnc2n1. The maximum absolute atomic E-state index is 5.68. The van der Waals surface area contributed by atoms with E-state index in [1.807, 2.05) is 6.07 Å². The lowest BCUT2D eigenvalue weighted by Crippen LogP contribution is -2.36. The fraction of sp³-hybridized carbons (Fsp3) is 0.522. The average Bonchev–Trinajstić information content (AvgIpc) is 3.30. The number of morpholine rings is 1. The lowest BCUT2D eigenvalue weighted by Gasteiger charge is -2.29. The first kappa shape index (κ1) is 20.1. The highest BCUT2D eigenvalue weighted by Crippen LogP contribution is 2.33. The molecule has 3 heterocycles. The number of nitrogens with one attached hydrogen (secondary N) is 2. The van der Waals surface area contributed by atoms with Crippen molar-refractivity contribution in [2.75, 3.05) is 43.6 Å². The summed E-state index contributed by atoms with van der Waals surface area (Å²) in [4.78, 5) is 19.4. The van der Waals surface area contributed by atoms with Gasteiger partial charge in [-0.15, -0.1) is 0 Å². The van der Waals surface area contributed by atoms with Gasteiger partial charge < -0.3 is 24.7 Å². The highest BCUT2D eigenvalue weighted by molar-refractivity contribution is 5.76. The van der Waals surface area contributed by atoms with Crippen LogP contribution in [-0.2, 0) is 11.2 Å². The van der Waals surface area contributed by atoms with E-state index >= 15 is 0 Å². The third kappa shape index (κ3) is 4.44. The summed E-state index contributed by atoms with van der Waals surface area (Å²) < 4.78 is 11.1. The Morgan fingerprint density at radius 1 is 1.16 bits per heavy atom. The number of aromatic nitrogens is 4. The van der Waals surface area contributed by atoms with Crippen LogP contribution in [0.2, 0.25) is 0 Å². The molecule has 2 N–H and O–H groups in total. The molecule has 0 radical (unpaired) electrons. The van der Waals surface area contributed by atoms with Crippen molar-refractivity contribution < 1.29 is 9.47 Å². The van der Waals surface area contributed by atoms with Gasteiger partial charge in [-0.3, -0.25) is 0 Å². The molecule has 2 aliphatic rings. The quantitative estimate of drug-likeness (QED) is 0.619. The van der Waals surface area contributed by atoms with Crippen molar-refractivity contribution in [3.05, 3.63) is 30.2 Å². The van der Waals surface area contributed by atoms with Crippen LogP contribution in [0.4, 0.5) is 17.3 Å². The van der Waals surface area contributed by atoms with Crippen LogP contribution in [0, 0.1) is 5.92 Å². The van der Waals surface area contributed by atoms with Crippen molar-refractivity contribution in [2.24, 2.45) is 5.92 Å². The van der Waals surface area contributed by atoms with Crippen LogP contribution >= 0.6 is 0 Å². The summed E-state index contributed by atoms with van der Waals surface area (Å²) >= 11 is 0. The van der Waals surface area contributed by atoms with Crippen molar-refractivity contribution >= 4 is 28.5 Å². The molecule has 8 heteroatoms. The maximum Gasteiger partial charge on any atom is 0.229 e. The van der Waals surface area contributed by atoms with E-state index < -0.39 is 0 Å². The van der Waals surface area contributed by atoms with Crippen LogP contribution in [0.3, 0.4) is 0 Å². The van der Waals surface area contributed by atoms with Gasteiger partial charge in [0, 0.05) is 24.8 Å². The Bertz CT molecular complexity index is 1020. The van der Waals surface area contributed by atoms with Gasteiger partial charge in [-0.25, -0.2) is 9.97 Å². The van der Waals surface area contributed by atoms with Gasteiger partial charge in [0.2, 0.25) is 5.95 Å². The van der Waals surface area contributed by atoms with Crippen molar-refractivity contribution in [2.45, 2.75) is 38.5 Å². The van der Waals surface area contributed by atoms with Crippen molar-refractivity contribution in [3.8, 4) is 5.75 Å². The largest absolute Gasteiger partial charge is 0.494 e. The van der Waals surface area contributed by atoms with Crippen LogP contribution in [0.5, 0.6) is 5.75 Å². The second kappa shape index (κ2) is 9.09. The van der Waals surface area contributed by atoms with Crippen molar-refractivity contribution in [1.82, 2.24) is 19.9 Å². The van der Waals surface area contributed by atoms with Crippen LogP contribution in [0.25, 0.3) is 11.2 Å². The second-order valence-corrected chi connectivity index (χ2v) is 8.41. The van der Waals surface area contributed by atoms with Crippen LogP contribution in [-0.4, -0.2) is 53.3 Å². The van der Waals surface area contributed by atoms with Crippen molar-refractivity contribution in [3.63, 3.8) is 0 Å². The van der Waals surface area contributed by atoms with Gasteiger partial charge in [-0.05, 0) is 24.5 Å². The zero-order valence-corrected chi connectivity index (χ0v) is 18.1. The Kier molecular flexibility index (Phi) is 5.88. The molecule has 2 aromatic heterocycles. The minimum Gasteiger partial charge on any atom is -0.494 e. The Morgan fingerprint density at radius 2 is 2.00 bits per heavy atom. The predicted molar refractivity (Wildman–Crippen MR) is 121 cm³/mol. The molecule has 31 heavy (non-hydrogen) atoms. The number of H-pyrrole nitrogens is 1. The molecule has 0 atom stereocenters. The summed E-state index contributed by atoms with van der Waals surface area (Å²) in [5.74, 6) is 2.01. The number of ether oxygens (including phenoxy) is 2. The van der Waals surface area contributed by atoms with E-state index in [-0.39, 0.29) is 0 Å². The number of fused-ring (bicyclic) bond motifs is 1. The molecule has 1 aromatic carbocycles. The molecule has 5 rings (SSSR count). The standard InChI is InChI=1S/C23H30N6O2/c1-30-20-14-17(29-9-11-31-12-10-29)7-8-18(20)26-23-27-19(13-16-5-3-2-4-6-16)21-22(28-23)25-15-24-21/h7-8,14-16H,2-6,9-13H2,1H3,(H2,24,25,26,27,28). The minimum atomic E-state index is 0.558. The van der Waals surface area contributed by atoms with Gasteiger partial charge in [-0.2, -0.15) is 4.98 Å². The third-order valence-corrected chi connectivity index (χ3v) is 6.38. The number of aromatic amines is 1. The van der Waals surface area contributed by atoms with Gasteiger partial charge in [-0.1, -0.05) is 32.1 Å². The highest BCUT2D eigenvalue weighted by Gasteiger charge is 2.19. The van der Waals surface area contributed by atoms with Gasteiger partial charge in [0.25, 0.3) is 0 Å². The van der Waals surface area contributed by atoms with Gasteiger partial charge in [0.1, 0.15) is 11.3 Å². The van der Waals surface area contributed by atoms with Crippen LogP contribution < -0.4 is 15.0 Å². The summed E-state index contributed by atoms with van der Waals surface area (Å²) in [6, 6.07) is 6.19. The van der Waals surface area contributed by atoms with Crippen molar-refractivity contribution in [1.29, 1.82) is 0 Å². The second-order valence-electron chi connectivity index (χ2n) is 8.41. The predicted octanol–water partition coefficient (Wildman–Crippen LogP) is 4.06. The molecule has 0 amide bonds. The highest BCUT2D eigenvalue weighted by atomic mass is 16.5. The maximum atomic E-state index is 5.68. The number of rotatable bonds is 6. The Labute approximate surface area is 182 Å². The molecule has 1 aliphatic carbocycles. The van der Waals surface area contributed by atoms with E-state index in [1.54, 1.807) is 13.4 Å². The first-order valence-electron chi connectivity index (χ1n) is 11.3. The number of hydrogen-bond donors (Lipinski definition) is 2. The molecule has 0 spiro atoms. The third-order valence-electron chi connectivity index (χ3n) is 6.38. The smallest absolute Gasteiger partial charge is 0.229 e. The molecule has 3 aromatic rings. The molecule has 0 unspecified atom stereocenters. The minimum absolute atomic E-state index is 0.558. The van der Waals surface area contributed by atoms with Gasteiger partial charge in [0.05, 0.1) is 38.0 Å². The molecule has 1 saturated carbocycles. The van der Waals surface area contributed by atoms with Crippen LogP contribution in [0.15, 0.2) is 24.5 Å². The number of hydrogen-bond acceptors (Lipinski definition) is 7. The number of methoxy groups -OCH3 is 1. The first-order chi connectivity index (χ1) is 15.3. The molecular formula is C23H30N6O2. The molecule has 0 bridgehead atoms. The Balaban J connectivity index is 1.40. The summed E-state index contributed by atoms with van der Waals surface area (Å²) in [7, 11) is 1.69. The van der Waals surface area contributed by atoms with Gasteiger partial charge in [0.15, 0.2) is 5.65 Å². The number of nitrogens with zero attached hydrogens (tertiary/aromatic N) is 4. The first-order valence-corrected chi connectivity index (χ1v) is 11.3. The lowest BCUT2D eigenvalue weighted by atomic mass is 9.86.